The summed E-state index contributed by atoms with van der Waals surface area (Å²) in [6, 6.07) is 12.9. The fraction of sp³-hybridized carbons (Fsp3) is 0.167. The summed E-state index contributed by atoms with van der Waals surface area (Å²) in [4.78, 5) is 0. The van der Waals surface area contributed by atoms with Gasteiger partial charge in [0, 0.05) is 18.7 Å². The Bertz CT molecular complexity index is 415. The highest BCUT2D eigenvalue weighted by molar-refractivity contribution is 5.24. The van der Waals surface area contributed by atoms with E-state index in [1.54, 1.807) is 0 Å². The van der Waals surface area contributed by atoms with Gasteiger partial charge in [-0.3, -0.25) is 4.57 Å². The van der Waals surface area contributed by atoms with Crippen molar-refractivity contribution in [2.24, 2.45) is 0 Å². The van der Waals surface area contributed by atoms with Gasteiger partial charge in [0.15, 0.2) is 11.8 Å². The Morgan fingerprint density at radius 3 is 2.07 bits per heavy atom. The van der Waals surface area contributed by atoms with Crippen LogP contribution in [0.25, 0.3) is 0 Å². The third kappa shape index (κ3) is 2.13. The number of rotatable bonds is 3. The van der Waals surface area contributed by atoms with Crippen LogP contribution in [0.3, 0.4) is 0 Å². The average Bonchev–Trinajstić information content (AvgIpc) is 2.58. The van der Waals surface area contributed by atoms with Gasteiger partial charge in [0.1, 0.15) is 0 Å². The minimum absolute atomic E-state index is 0.100. The summed E-state index contributed by atoms with van der Waals surface area (Å²) in [6.45, 7) is 0.578. The lowest BCUT2D eigenvalue weighted by molar-refractivity contribution is 0.368. The maximum atomic E-state index is 9.41. The monoisotopic (exact) mass is 203 g/mol. The molecule has 1 aromatic carbocycles. The van der Waals surface area contributed by atoms with Crippen LogP contribution in [0.15, 0.2) is 42.5 Å². The van der Waals surface area contributed by atoms with Crippen molar-refractivity contribution in [3.05, 3.63) is 48.0 Å². The first-order valence-corrected chi connectivity index (χ1v) is 4.89. The second-order valence-electron chi connectivity index (χ2n) is 3.44. The normalized spacial score (nSPS) is 10.4. The Morgan fingerprint density at radius 1 is 0.867 bits per heavy atom. The van der Waals surface area contributed by atoms with Gasteiger partial charge in [0.05, 0.1) is 0 Å². The van der Waals surface area contributed by atoms with E-state index in [-0.39, 0.29) is 11.8 Å². The predicted octanol–water partition coefficient (Wildman–Crippen LogP) is 2.14. The van der Waals surface area contributed by atoms with Crippen molar-refractivity contribution in [1.29, 1.82) is 0 Å². The molecule has 0 aliphatic rings. The highest BCUT2D eigenvalue weighted by Crippen LogP contribution is 2.21. The maximum absolute atomic E-state index is 9.41. The number of benzene rings is 1. The van der Waals surface area contributed by atoms with Gasteiger partial charge < -0.3 is 10.2 Å². The molecule has 0 spiro atoms. The molecule has 3 heteroatoms. The first-order valence-electron chi connectivity index (χ1n) is 4.89. The molecule has 1 aromatic heterocycles. The van der Waals surface area contributed by atoms with Gasteiger partial charge >= 0.3 is 0 Å². The highest BCUT2D eigenvalue weighted by atomic mass is 16.3. The SMILES string of the molecule is Oc1ccc(O)n1CCc1ccccc1. The minimum atomic E-state index is 0.100. The first kappa shape index (κ1) is 9.65. The molecule has 2 N–H and O–H groups in total. The number of aromatic hydroxyl groups is 2. The number of nitrogens with zero attached hydrogens (tertiary/aromatic N) is 1. The lowest BCUT2D eigenvalue weighted by atomic mass is 10.1. The van der Waals surface area contributed by atoms with Crippen molar-refractivity contribution in [1.82, 2.24) is 4.57 Å². The lowest BCUT2D eigenvalue weighted by Crippen LogP contribution is -1.99. The molecule has 0 amide bonds. The Balaban J connectivity index is 2.05. The van der Waals surface area contributed by atoms with E-state index in [1.807, 2.05) is 30.3 Å². The van der Waals surface area contributed by atoms with Crippen LogP contribution >= 0.6 is 0 Å². The van der Waals surface area contributed by atoms with Crippen LogP contribution in [0, 0.1) is 0 Å². The molecule has 0 radical (unpaired) electrons. The summed E-state index contributed by atoms with van der Waals surface area (Å²) < 4.78 is 1.48. The van der Waals surface area contributed by atoms with Crippen LogP contribution in [0.2, 0.25) is 0 Å². The molecule has 0 aliphatic heterocycles. The van der Waals surface area contributed by atoms with Crippen molar-refractivity contribution in [3.63, 3.8) is 0 Å². The van der Waals surface area contributed by atoms with Crippen molar-refractivity contribution >= 4 is 0 Å². The maximum Gasteiger partial charge on any atom is 0.193 e. The quantitative estimate of drug-likeness (QED) is 0.802. The number of aromatic nitrogens is 1. The van der Waals surface area contributed by atoms with E-state index in [0.717, 1.165) is 6.42 Å². The van der Waals surface area contributed by atoms with Crippen molar-refractivity contribution in [2.45, 2.75) is 13.0 Å². The first-order chi connectivity index (χ1) is 7.27. The van der Waals surface area contributed by atoms with Gasteiger partial charge in [-0.1, -0.05) is 30.3 Å². The van der Waals surface area contributed by atoms with Crippen molar-refractivity contribution in [2.75, 3.05) is 0 Å². The molecular formula is C12H13NO2. The number of aryl methyl sites for hydroxylation is 1. The van der Waals surface area contributed by atoms with Gasteiger partial charge in [-0.15, -0.1) is 0 Å². The summed E-state index contributed by atoms with van der Waals surface area (Å²) in [5, 5.41) is 18.8. The highest BCUT2D eigenvalue weighted by Gasteiger charge is 2.04. The van der Waals surface area contributed by atoms with Gasteiger partial charge in [0.25, 0.3) is 0 Å². The average molecular weight is 203 g/mol. The molecule has 15 heavy (non-hydrogen) atoms. The molecule has 0 saturated carbocycles. The van der Waals surface area contributed by atoms with Crippen LogP contribution in [0.1, 0.15) is 5.56 Å². The van der Waals surface area contributed by atoms with E-state index in [1.165, 1.54) is 22.3 Å². The molecule has 78 valence electrons. The van der Waals surface area contributed by atoms with Crippen LogP contribution in [-0.2, 0) is 13.0 Å². The Morgan fingerprint density at radius 2 is 1.47 bits per heavy atom. The third-order valence-electron chi connectivity index (χ3n) is 2.40. The summed E-state index contributed by atoms with van der Waals surface area (Å²) >= 11 is 0. The molecule has 3 nitrogen and oxygen atoms in total. The molecule has 1 heterocycles. The summed E-state index contributed by atoms with van der Waals surface area (Å²) in [7, 11) is 0. The molecule has 0 bridgehead atoms. The van der Waals surface area contributed by atoms with Crippen molar-refractivity contribution in [3.8, 4) is 11.8 Å². The topological polar surface area (TPSA) is 45.4 Å². The number of hydrogen-bond donors (Lipinski definition) is 2. The van der Waals surface area contributed by atoms with Crippen LogP contribution in [0.5, 0.6) is 11.8 Å². The zero-order valence-electron chi connectivity index (χ0n) is 8.30. The van der Waals surface area contributed by atoms with E-state index in [4.69, 9.17) is 0 Å². The van der Waals surface area contributed by atoms with E-state index in [0.29, 0.717) is 6.54 Å². The van der Waals surface area contributed by atoms with Gasteiger partial charge in [-0.05, 0) is 12.0 Å². The summed E-state index contributed by atoms with van der Waals surface area (Å²) in [6.07, 6.45) is 0.788. The van der Waals surface area contributed by atoms with Crippen LogP contribution < -0.4 is 0 Å². The van der Waals surface area contributed by atoms with Gasteiger partial charge in [0.2, 0.25) is 0 Å². The largest absolute Gasteiger partial charge is 0.494 e. The summed E-state index contributed by atoms with van der Waals surface area (Å²) in [5.41, 5.74) is 1.19. The minimum Gasteiger partial charge on any atom is -0.494 e. The third-order valence-corrected chi connectivity index (χ3v) is 2.40. The van der Waals surface area contributed by atoms with Crippen LogP contribution in [-0.4, -0.2) is 14.8 Å². The molecule has 0 unspecified atom stereocenters. The van der Waals surface area contributed by atoms with E-state index >= 15 is 0 Å². The molecule has 0 aliphatic carbocycles. The van der Waals surface area contributed by atoms with Gasteiger partial charge in [-0.2, -0.15) is 0 Å². The van der Waals surface area contributed by atoms with Crippen LogP contribution in [0.4, 0.5) is 0 Å². The Kier molecular flexibility index (Phi) is 2.63. The number of hydrogen-bond acceptors (Lipinski definition) is 2. The van der Waals surface area contributed by atoms with Gasteiger partial charge in [-0.25, -0.2) is 0 Å². The molecule has 2 aromatic rings. The fourth-order valence-corrected chi connectivity index (χ4v) is 1.56. The molecular weight excluding hydrogens is 190 g/mol. The zero-order valence-corrected chi connectivity index (χ0v) is 8.30. The van der Waals surface area contributed by atoms with E-state index in [2.05, 4.69) is 0 Å². The fourth-order valence-electron chi connectivity index (χ4n) is 1.56. The second-order valence-corrected chi connectivity index (χ2v) is 3.44. The summed E-state index contributed by atoms with van der Waals surface area (Å²) in [5.74, 6) is 0.201. The predicted molar refractivity (Wildman–Crippen MR) is 57.9 cm³/mol. The van der Waals surface area contributed by atoms with E-state index < -0.39 is 0 Å². The molecule has 0 saturated heterocycles. The molecule has 2 rings (SSSR count). The zero-order chi connectivity index (χ0) is 10.7. The Labute approximate surface area is 88.2 Å². The second kappa shape index (κ2) is 4.09. The smallest absolute Gasteiger partial charge is 0.193 e. The molecule has 0 fully saturated rings. The lowest BCUT2D eigenvalue weighted by Gasteiger charge is -2.06. The van der Waals surface area contributed by atoms with Crippen molar-refractivity contribution < 1.29 is 10.2 Å². The Hall–Kier alpha value is -1.90. The molecule has 0 atom stereocenters. The van der Waals surface area contributed by atoms with E-state index in [9.17, 15) is 10.2 Å². The standard InChI is InChI=1S/C12H13NO2/c14-11-6-7-12(15)13(11)9-8-10-4-2-1-3-5-10/h1-7,14-15H,8-9H2.